The van der Waals surface area contributed by atoms with E-state index < -0.39 is 17.7 Å². The molecule has 2 aromatic carbocycles. The highest BCUT2D eigenvalue weighted by Gasteiger charge is 2.26. The summed E-state index contributed by atoms with van der Waals surface area (Å²) >= 11 is 0. The number of halogens is 2. The standard InChI is InChI=1S/C14H15F2N3.C13H16N4O2/c1-18-14(2-4-17-18)19-5-3-10(9-19)11-6-12(15)8-13(16)7-11;1-3-19-12-9(2)11(15-13(14)18)17(16-12)10-7-5-4-6-8-10/h2,4,6-8,10H,3,5,9H2,1H3;4-8H,3H2,1-2H3,(H3,14,15,18). The van der Waals surface area contributed by atoms with Gasteiger partial charge in [-0.05, 0) is 50.1 Å². The summed E-state index contributed by atoms with van der Waals surface area (Å²) in [6, 6.07) is 14.5. The Kier molecular flexibility index (Phi) is 8.25. The highest BCUT2D eigenvalue weighted by molar-refractivity contribution is 5.88. The molecule has 4 aromatic rings. The van der Waals surface area contributed by atoms with Crippen molar-refractivity contribution in [3.05, 3.63) is 83.6 Å². The molecule has 1 aliphatic rings. The van der Waals surface area contributed by atoms with Gasteiger partial charge < -0.3 is 15.4 Å². The van der Waals surface area contributed by atoms with E-state index in [-0.39, 0.29) is 5.92 Å². The van der Waals surface area contributed by atoms with E-state index >= 15 is 0 Å². The molecule has 200 valence electrons. The van der Waals surface area contributed by atoms with E-state index in [0.717, 1.165) is 48.2 Å². The zero-order valence-electron chi connectivity index (χ0n) is 21.6. The van der Waals surface area contributed by atoms with Crippen LogP contribution in [0.4, 0.5) is 25.2 Å². The van der Waals surface area contributed by atoms with Crippen LogP contribution in [0.3, 0.4) is 0 Å². The number of nitrogens with zero attached hydrogens (tertiary/aromatic N) is 5. The number of amides is 2. The third kappa shape index (κ3) is 6.10. The molecule has 0 radical (unpaired) electrons. The summed E-state index contributed by atoms with van der Waals surface area (Å²) in [5, 5.41) is 11.1. The van der Waals surface area contributed by atoms with Gasteiger partial charge in [0.15, 0.2) is 0 Å². The number of aryl methyl sites for hydroxylation is 1. The van der Waals surface area contributed by atoms with Crippen LogP contribution in [-0.4, -0.2) is 45.3 Å². The lowest BCUT2D eigenvalue weighted by Gasteiger charge is -2.18. The Labute approximate surface area is 219 Å². The average molecular weight is 524 g/mol. The van der Waals surface area contributed by atoms with Crippen molar-refractivity contribution in [3.63, 3.8) is 0 Å². The van der Waals surface area contributed by atoms with Crippen molar-refractivity contribution in [2.45, 2.75) is 26.2 Å². The van der Waals surface area contributed by atoms with Gasteiger partial charge in [0.25, 0.3) is 0 Å². The summed E-state index contributed by atoms with van der Waals surface area (Å²) in [5.41, 5.74) is 7.49. The molecule has 3 N–H and O–H groups in total. The van der Waals surface area contributed by atoms with Crippen molar-refractivity contribution < 1.29 is 18.3 Å². The van der Waals surface area contributed by atoms with Gasteiger partial charge in [-0.15, -0.1) is 5.10 Å². The number of benzene rings is 2. The van der Waals surface area contributed by atoms with Crippen molar-refractivity contribution in [3.8, 4) is 11.6 Å². The summed E-state index contributed by atoms with van der Waals surface area (Å²) in [5.74, 6) is 1.19. The van der Waals surface area contributed by atoms with Crippen LogP contribution in [0, 0.1) is 18.6 Å². The zero-order valence-corrected chi connectivity index (χ0v) is 21.6. The predicted octanol–water partition coefficient (Wildman–Crippen LogP) is 4.76. The number of carbonyl (C=O) groups excluding carboxylic acids is 1. The van der Waals surface area contributed by atoms with E-state index in [1.807, 2.05) is 62.0 Å². The molecule has 38 heavy (non-hydrogen) atoms. The molecular weight excluding hydrogens is 492 g/mol. The van der Waals surface area contributed by atoms with Gasteiger partial charge in [0.05, 0.1) is 24.1 Å². The highest BCUT2D eigenvalue weighted by atomic mass is 19.1. The normalized spacial score (nSPS) is 14.7. The molecular formula is C27H31F2N7O2. The van der Waals surface area contributed by atoms with E-state index in [1.165, 1.54) is 12.1 Å². The van der Waals surface area contributed by atoms with Gasteiger partial charge in [-0.3, -0.25) is 10.00 Å². The minimum Gasteiger partial charge on any atom is -0.477 e. The average Bonchev–Trinajstić information content (AvgIpc) is 3.60. The second-order valence-electron chi connectivity index (χ2n) is 8.90. The van der Waals surface area contributed by atoms with Gasteiger partial charge in [0.1, 0.15) is 23.3 Å². The fraction of sp³-hybridized carbons (Fsp3) is 0.296. The summed E-state index contributed by atoms with van der Waals surface area (Å²) in [7, 11) is 1.89. The highest BCUT2D eigenvalue weighted by Crippen LogP contribution is 2.31. The number of hydrogen-bond acceptors (Lipinski definition) is 5. The lowest BCUT2D eigenvalue weighted by molar-refractivity contribution is 0.259. The van der Waals surface area contributed by atoms with Gasteiger partial charge in [-0.1, -0.05) is 18.2 Å². The number of urea groups is 1. The van der Waals surface area contributed by atoms with Crippen LogP contribution in [0.2, 0.25) is 0 Å². The molecule has 1 atom stereocenters. The van der Waals surface area contributed by atoms with Crippen LogP contribution < -0.4 is 20.7 Å². The number of anilines is 2. The minimum atomic E-state index is -0.636. The van der Waals surface area contributed by atoms with Crippen LogP contribution in [-0.2, 0) is 7.05 Å². The smallest absolute Gasteiger partial charge is 0.317 e. The first-order valence-electron chi connectivity index (χ1n) is 12.3. The lowest BCUT2D eigenvalue weighted by atomic mass is 9.98. The Morgan fingerprint density at radius 1 is 1.16 bits per heavy atom. The maximum Gasteiger partial charge on any atom is 0.317 e. The molecule has 0 aliphatic carbocycles. The van der Waals surface area contributed by atoms with Gasteiger partial charge in [-0.25, -0.2) is 18.3 Å². The van der Waals surface area contributed by atoms with Gasteiger partial charge in [-0.2, -0.15) is 5.10 Å². The molecule has 9 nitrogen and oxygen atoms in total. The summed E-state index contributed by atoms with van der Waals surface area (Å²) in [6.07, 6.45) is 2.65. The summed E-state index contributed by atoms with van der Waals surface area (Å²) in [6.45, 7) is 5.85. The van der Waals surface area contributed by atoms with E-state index in [2.05, 4.69) is 20.4 Å². The van der Waals surface area contributed by atoms with Crippen molar-refractivity contribution >= 4 is 17.7 Å². The number of nitrogens with one attached hydrogen (secondary N) is 1. The third-order valence-electron chi connectivity index (χ3n) is 6.27. The van der Waals surface area contributed by atoms with E-state index in [4.69, 9.17) is 10.5 Å². The van der Waals surface area contributed by atoms with Gasteiger partial charge in [0, 0.05) is 38.2 Å². The number of nitrogens with two attached hydrogens (primary N) is 1. The second kappa shape index (κ2) is 11.8. The maximum atomic E-state index is 13.2. The van der Waals surface area contributed by atoms with Crippen molar-refractivity contribution in [2.75, 3.05) is 29.9 Å². The van der Waals surface area contributed by atoms with E-state index in [9.17, 15) is 13.6 Å². The first kappa shape index (κ1) is 26.6. The van der Waals surface area contributed by atoms with E-state index in [1.54, 1.807) is 10.9 Å². The number of ether oxygens (including phenoxy) is 1. The van der Waals surface area contributed by atoms with Gasteiger partial charge >= 0.3 is 6.03 Å². The molecule has 1 saturated heterocycles. The molecule has 3 heterocycles. The Balaban J connectivity index is 0.000000177. The van der Waals surface area contributed by atoms with Crippen molar-refractivity contribution in [1.82, 2.24) is 19.6 Å². The molecule has 2 aromatic heterocycles. The molecule has 0 saturated carbocycles. The Bertz CT molecular complexity index is 1370. The topological polar surface area (TPSA) is 103 Å². The molecule has 2 amide bonds. The first-order chi connectivity index (χ1) is 18.3. The molecule has 0 spiro atoms. The third-order valence-corrected chi connectivity index (χ3v) is 6.27. The molecule has 1 fully saturated rings. The Morgan fingerprint density at radius 2 is 1.87 bits per heavy atom. The maximum absolute atomic E-state index is 13.2. The van der Waals surface area contributed by atoms with Crippen molar-refractivity contribution in [2.24, 2.45) is 12.8 Å². The van der Waals surface area contributed by atoms with Crippen LogP contribution in [0.1, 0.15) is 30.4 Å². The first-order valence-corrected chi connectivity index (χ1v) is 12.3. The van der Waals surface area contributed by atoms with Gasteiger partial charge in [0.2, 0.25) is 5.88 Å². The van der Waals surface area contributed by atoms with Crippen LogP contribution in [0.5, 0.6) is 5.88 Å². The van der Waals surface area contributed by atoms with Crippen molar-refractivity contribution in [1.29, 1.82) is 0 Å². The van der Waals surface area contributed by atoms with E-state index in [0.29, 0.717) is 18.3 Å². The SMILES string of the molecule is CCOc1nn(-c2ccccc2)c(NC(N)=O)c1C.Cn1nccc1N1CCC(c2cc(F)cc(F)c2)C1. The number of rotatable bonds is 6. The fourth-order valence-electron chi connectivity index (χ4n) is 4.50. The Morgan fingerprint density at radius 3 is 2.47 bits per heavy atom. The quantitative estimate of drug-likeness (QED) is 0.379. The number of hydrogen-bond donors (Lipinski definition) is 2. The molecule has 0 bridgehead atoms. The number of primary amides is 1. The minimum absolute atomic E-state index is 0.167. The van der Waals surface area contributed by atoms with Crippen LogP contribution >= 0.6 is 0 Å². The number of aromatic nitrogens is 4. The molecule has 1 unspecified atom stereocenters. The molecule has 5 rings (SSSR count). The monoisotopic (exact) mass is 523 g/mol. The number of carbonyl (C=O) groups is 1. The summed E-state index contributed by atoms with van der Waals surface area (Å²) < 4.78 is 35.3. The largest absolute Gasteiger partial charge is 0.477 e. The predicted molar refractivity (Wildman–Crippen MR) is 142 cm³/mol. The van der Waals surface area contributed by atoms with Crippen LogP contribution in [0.25, 0.3) is 5.69 Å². The zero-order chi connectivity index (χ0) is 27.2. The summed E-state index contributed by atoms with van der Waals surface area (Å²) in [4.78, 5) is 13.3. The molecule has 1 aliphatic heterocycles. The second-order valence-corrected chi connectivity index (χ2v) is 8.90. The molecule has 11 heteroatoms. The lowest BCUT2D eigenvalue weighted by Crippen LogP contribution is -2.21. The Hall–Kier alpha value is -4.41. The number of para-hydroxylation sites is 1. The fourth-order valence-corrected chi connectivity index (χ4v) is 4.50. The van der Waals surface area contributed by atoms with Crippen LogP contribution in [0.15, 0.2) is 60.8 Å².